The molecular weight excluding hydrogens is 362 g/mol. The molecule has 6 nitrogen and oxygen atoms in total. The van der Waals surface area contributed by atoms with Crippen LogP contribution in [0.4, 0.5) is 0 Å². The second-order valence-electron chi connectivity index (χ2n) is 7.00. The lowest BCUT2D eigenvalue weighted by atomic mass is 10.1. The van der Waals surface area contributed by atoms with Crippen molar-refractivity contribution in [2.45, 2.75) is 39.1 Å². The van der Waals surface area contributed by atoms with Crippen molar-refractivity contribution in [3.63, 3.8) is 0 Å². The van der Waals surface area contributed by atoms with E-state index in [2.05, 4.69) is 22.0 Å². The predicted molar refractivity (Wildman–Crippen MR) is 104 cm³/mol. The highest BCUT2D eigenvalue weighted by molar-refractivity contribution is 6.30. The van der Waals surface area contributed by atoms with Gasteiger partial charge in [0.15, 0.2) is 0 Å². The van der Waals surface area contributed by atoms with E-state index in [1.54, 1.807) is 4.68 Å². The molecule has 0 unspecified atom stereocenters. The molecule has 0 aliphatic carbocycles. The molecule has 3 aromatic rings. The third kappa shape index (κ3) is 3.52. The van der Waals surface area contributed by atoms with Gasteiger partial charge in [-0.05, 0) is 18.1 Å². The van der Waals surface area contributed by atoms with Crippen LogP contribution in [-0.4, -0.2) is 36.1 Å². The summed E-state index contributed by atoms with van der Waals surface area (Å²) in [7, 11) is 1.88. The van der Waals surface area contributed by atoms with Crippen LogP contribution in [0.3, 0.4) is 0 Å². The lowest BCUT2D eigenvalue weighted by molar-refractivity contribution is 0.200. The molecule has 1 N–H and O–H groups in total. The number of fused-ring (bicyclic) bond motifs is 1. The van der Waals surface area contributed by atoms with Crippen molar-refractivity contribution in [1.29, 1.82) is 0 Å². The number of halogens is 1. The SMILES string of the molecule is CCc1nn(C)c(Cl)c1CN1CCn2nc([C@@H](O)c3ccccc3)cc2C1. The Labute approximate surface area is 164 Å². The minimum absolute atomic E-state index is 0.697. The molecule has 0 fully saturated rings. The van der Waals surface area contributed by atoms with Crippen LogP contribution in [0.1, 0.15) is 41.2 Å². The van der Waals surface area contributed by atoms with Gasteiger partial charge in [0, 0.05) is 32.2 Å². The van der Waals surface area contributed by atoms with Crippen LogP contribution in [0.5, 0.6) is 0 Å². The summed E-state index contributed by atoms with van der Waals surface area (Å²) in [5, 5.41) is 20.5. The maximum absolute atomic E-state index is 10.6. The minimum atomic E-state index is -0.697. The van der Waals surface area contributed by atoms with Gasteiger partial charge in [-0.2, -0.15) is 10.2 Å². The molecule has 2 aromatic heterocycles. The number of nitrogens with zero attached hydrogens (tertiary/aromatic N) is 5. The molecule has 4 rings (SSSR count). The standard InChI is InChI=1S/C20H24ClN5O/c1-3-17-16(20(21)24(2)22-17)13-25-9-10-26-15(12-25)11-18(23-26)19(27)14-7-5-4-6-8-14/h4-8,11,19,27H,3,9-10,12-13H2,1-2H3/t19-/m0/s1. The molecule has 0 bridgehead atoms. The Morgan fingerprint density at radius 3 is 2.70 bits per heavy atom. The zero-order valence-electron chi connectivity index (χ0n) is 15.6. The summed E-state index contributed by atoms with van der Waals surface area (Å²) in [6.07, 6.45) is 0.173. The average Bonchev–Trinajstić information content (AvgIpc) is 3.24. The lowest BCUT2D eigenvalue weighted by Gasteiger charge is -2.27. The van der Waals surface area contributed by atoms with Crippen LogP contribution >= 0.6 is 11.6 Å². The molecule has 27 heavy (non-hydrogen) atoms. The van der Waals surface area contributed by atoms with Gasteiger partial charge in [-0.3, -0.25) is 14.3 Å². The molecule has 0 spiro atoms. The normalized spacial score (nSPS) is 15.7. The molecule has 7 heteroatoms. The summed E-state index contributed by atoms with van der Waals surface area (Å²) in [4.78, 5) is 2.36. The van der Waals surface area contributed by atoms with Crippen LogP contribution in [0.2, 0.25) is 5.15 Å². The number of aliphatic hydroxyl groups excluding tert-OH is 1. The largest absolute Gasteiger partial charge is 0.382 e. The van der Waals surface area contributed by atoms with E-state index >= 15 is 0 Å². The first-order chi connectivity index (χ1) is 13.1. The van der Waals surface area contributed by atoms with Crippen LogP contribution in [0.15, 0.2) is 36.4 Å². The molecular formula is C20H24ClN5O. The number of hydrogen-bond acceptors (Lipinski definition) is 4. The fraction of sp³-hybridized carbons (Fsp3) is 0.400. The molecule has 3 heterocycles. The molecule has 142 valence electrons. The summed E-state index contributed by atoms with van der Waals surface area (Å²) in [6.45, 7) is 5.35. The Hall–Kier alpha value is -2.15. The van der Waals surface area contributed by atoms with Gasteiger partial charge in [-0.15, -0.1) is 0 Å². The molecule has 1 aromatic carbocycles. The second kappa shape index (κ2) is 7.46. The Balaban J connectivity index is 1.52. The Kier molecular flexibility index (Phi) is 5.04. The third-order valence-electron chi connectivity index (χ3n) is 5.16. The van der Waals surface area contributed by atoms with E-state index in [0.29, 0.717) is 10.8 Å². The van der Waals surface area contributed by atoms with Crippen LogP contribution in [-0.2, 0) is 33.1 Å². The molecule has 0 amide bonds. The fourth-order valence-electron chi connectivity index (χ4n) is 3.68. The third-order valence-corrected chi connectivity index (χ3v) is 5.63. The van der Waals surface area contributed by atoms with Crippen molar-refractivity contribution >= 4 is 11.6 Å². The number of aryl methyl sites for hydroxylation is 2. The highest BCUT2D eigenvalue weighted by atomic mass is 35.5. The summed E-state index contributed by atoms with van der Waals surface area (Å²) < 4.78 is 3.75. The van der Waals surface area contributed by atoms with Gasteiger partial charge in [-0.25, -0.2) is 0 Å². The first-order valence-corrected chi connectivity index (χ1v) is 9.66. The van der Waals surface area contributed by atoms with Crippen LogP contribution < -0.4 is 0 Å². The number of aliphatic hydroxyl groups is 1. The average molecular weight is 386 g/mol. The van der Waals surface area contributed by atoms with Gasteiger partial charge >= 0.3 is 0 Å². The van der Waals surface area contributed by atoms with Crippen molar-refractivity contribution in [3.8, 4) is 0 Å². The lowest BCUT2D eigenvalue weighted by Crippen LogP contribution is -2.33. The highest BCUT2D eigenvalue weighted by Gasteiger charge is 2.24. The van der Waals surface area contributed by atoms with Gasteiger partial charge in [-0.1, -0.05) is 48.9 Å². The van der Waals surface area contributed by atoms with Crippen molar-refractivity contribution in [1.82, 2.24) is 24.5 Å². The fourth-order valence-corrected chi connectivity index (χ4v) is 3.89. The van der Waals surface area contributed by atoms with E-state index in [9.17, 15) is 5.11 Å². The number of benzene rings is 1. The quantitative estimate of drug-likeness (QED) is 0.733. The number of rotatable bonds is 5. The molecule has 1 atom stereocenters. The van der Waals surface area contributed by atoms with E-state index in [4.69, 9.17) is 11.6 Å². The predicted octanol–water partition coefficient (Wildman–Crippen LogP) is 2.93. The summed E-state index contributed by atoms with van der Waals surface area (Å²) in [6, 6.07) is 11.7. The number of hydrogen-bond donors (Lipinski definition) is 1. The first-order valence-electron chi connectivity index (χ1n) is 9.29. The van der Waals surface area contributed by atoms with Gasteiger partial charge in [0.1, 0.15) is 11.3 Å². The molecule has 0 saturated heterocycles. The van der Waals surface area contributed by atoms with Crippen molar-refractivity contribution < 1.29 is 5.11 Å². The smallest absolute Gasteiger partial charge is 0.131 e. The number of aromatic nitrogens is 4. The zero-order valence-corrected chi connectivity index (χ0v) is 16.4. The summed E-state index contributed by atoms with van der Waals surface area (Å²) >= 11 is 6.45. The Morgan fingerprint density at radius 2 is 1.96 bits per heavy atom. The monoisotopic (exact) mass is 385 g/mol. The van der Waals surface area contributed by atoms with E-state index in [0.717, 1.165) is 55.1 Å². The molecule has 0 radical (unpaired) electrons. The van der Waals surface area contributed by atoms with E-state index in [1.165, 1.54) is 0 Å². The second-order valence-corrected chi connectivity index (χ2v) is 7.36. The summed E-state index contributed by atoms with van der Waals surface area (Å²) in [5.74, 6) is 0. The van der Waals surface area contributed by atoms with Crippen molar-refractivity contribution in [2.75, 3.05) is 6.54 Å². The highest BCUT2D eigenvalue weighted by Crippen LogP contribution is 2.26. The van der Waals surface area contributed by atoms with Crippen LogP contribution in [0.25, 0.3) is 0 Å². The van der Waals surface area contributed by atoms with Crippen LogP contribution in [0, 0.1) is 0 Å². The maximum atomic E-state index is 10.6. The molecule has 1 aliphatic rings. The minimum Gasteiger partial charge on any atom is -0.382 e. The summed E-state index contributed by atoms with van der Waals surface area (Å²) in [5.41, 5.74) is 4.84. The Morgan fingerprint density at radius 1 is 1.19 bits per heavy atom. The maximum Gasteiger partial charge on any atom is 0.131 e. The zero-order chi connectivity index (χ0) is 19.0. The van der Waals surface area contributed by atoms with Gasteiger partial charge in [0.05, 0.1) is 23.6 Å². The van der Waals surface area contributed by atoms with E-state index in [-0.39, 0.29) is 0 Å². The van der Waals surface area contributed by atoms with E-state index < -0.39 is 6.10 Å². The van der Waals surface area contributed by atoms with E-state index in [1.807, 2.05) is 48.1 Å². The first kappa shape index (κ1) is 18.2. The van der Waals surface area contributed by atoms with Gasteiger partial charge < -0.3 is 5.11 Å². The Bertz CT molecular complexity index is 934. The van der Waals surface area contributed by atoms with Crippen molar-refractivity contribution in [3.05, 3.63) is 69.8 Å². The molecule has 1 aliphatic heterocycles. The van der Waals surface area contributed by atoms with Gasteiger partial charge in [0.25, 0.3) is 0 Å². The molecule has 0 saturated carbocycles. The topological polar surface area (TPSA) is 59.1 Å². The van der Waals surface area contributed by atoms with Crippen molar-refractivity contribution in [2.24, 2.45) is 7.05 Å². The van der Waals surface area contributed by atoms with Gasteiger partial charge in [0.2, 0.25) is 0 Å².